The van der Waals surface area contributed by atoms with Gasteiger partial charge in [-0.15, -0.1) is 0 Å². The fourth-order valence-corrected chi connectivity index (χ4v) is 11.0. The first-order chi connectivity index (χ1) is 36.8. The number of nitrogens with two attached hydrogens (primary N) is 1. The Morgan fingerprint density at radius 1 is 0.387 bits per heavy atom. The van der Waals surface area contributed by atoms with Crippen LogP contribution in [0.15, 0.2) is 12.2 Å². The van der Waals surface area contributed by atoms with E-state index in [1.807, 2.05) is 0 Å². The van der Waals surface area contributed by atoms with Gasteiger partial charge in [-0.25, -0.2) is 4.57 Å². The molecule has 0 aliphatic heterocycles. The van der Waals surface area contributed by atoms with E-state index >= 15 is 0 Å². The molecule has 75 heavy (non-hydrogen) atoms. The average Bonchev–Trinajstić information content (AvgIpc) is 3.40. The molecule has 2 atom stereocenters. The van der Waals surface area contributed by atoms with E-state index in [2.05, 4.69) is 26.0 Å². The molecule has 2 unspecified atom stereocenters. The van der Waals surface area contributed by atoms with Crippen LogP contribution in [0.4, 0.5) is 0 Å². The second kappa shape index (κ2) is 62.0. The number of phosphoric acid groups is 1. The maximum atomic E-state index is 12.7. The van der Waals surface area contributed by atoms with Crippen LogP contribution in [0.3, 0.4) is 0 Å². The minimum absolute atomic E-state index is 0.0579. The van der Waals surface area contributed by atoms with Gasteiger partial charge in [0.1, 0.15) is 6.61 Å². The average molecular weight is 1080 g/mol. The van der Waals surface area contributed by atoms with Gasteiger partial charge in [0, 0.05) is 19.4 Å². The molecule has 0 aliphatic carbocycles. The molecule has 0 fully saturated rings. The van der Waals surface area contributed by atoms with Crippen LogP contribution in [-0.2, 0) is 32.7 Å². The minimum atomic E-state index is -4.38. The normalized spacial score (nSPS) is 13.0. The van der Waals surface area contributed by atoms with Crippen molar-refractivity contribution in [1.82, 2.24) is 0 Å². The molecule has 0 rings (SSSR count). The highest BCUT2D eigenvalue weighted by Gasteiger charge is 2.26. The molecule has 0 bridgehead atoms. The summed E-state index contributed by atoms with van der Waals surface area (Å²) in [6.45, 7) is 3.82. The van der Waals surface area contributed by atoms with Crippen LogP contribution >= 0.6 is 7.82 Å². The third-order valence-corrected chi connectivity index (χ3v) is 16.1. The van der Waals surface area contributed by atoms with Crippen LogP contribution < -0.4 is 5.73 Å². The maximum absolute atomic E-state index is 12.7. The van der Waals surface area contributed by atoms with Crippen LogP contribution in [0.2, 0.25) is 0 Å². The lowest BCUT2D eigenvalue weighted by atomic mass is 10.0. The van der Waals surface area contributed by atoms with E-state index in [1.165, 1.54) is 295 Å². The zero-order valence-electron chi connectivity index (χ0n) is 50.1. The number of hydrogen-bond donors (Lipinski definition) is 2. The van der Waals surface area contributed by atoms with E-state index in [-0.39, 0.29) is 38.6 Å². The van der Waals surface area contributed by atoms with Gasteiger partial charge in [0.2, 0.25) is 0 Å². The van der Waals surface area contributed by atoms with E-state index < -0.39 is 26.5 Å². The Hall–Kier alpha value is -1.25. The number of esters is 2. The molecule has 0 saturated carbocycles. The predicted molar refractivity (Wildman–Crippen MR) is 321 cm³/mol. The van der Waals surface area contributed by atoms with Gasteiger partial charge in [-0.05, 0) is 38.5 Å². The third-order valence-electron chi connectivity index (χ3n) is 15.2. The Kier molecular flexibility index (Phi) is 60.9. The summed E-state index contributed by atoms with van der Waals surface area (Å²) < 4.78 is 33.1. The Labute approximate surface area is 466 Å². The predicted octanol–water partition coefficient (Wildman–Crippen LogP) is 21.2. The van der Waals surface area contributed by atoms with Gasteiger partial charge in [0.05, 0.1) is 13.2 Å². The molecule has 0 aromatic heterocycles. The van der Waals surface area contributed by atoms with Gasteiger partial charge < -0.3 is 20.1 Å². The summed E-state index contributed by atoms with van der Waals surface area (Å²) in [7, 11) is -4.38. The zero-order chi connectivity index (χ0) is 54.5. The number of allylic oxidation sites excluding steroid dienone is 2. The largest absolute Gasteiger partial charge is 0.472 e. The molecule has 3 N–H and O–H groups in total. The maximum Gasteiger partial charge on any atom is 0.472 e. The molecule has 9 nitrogen and oxygen atoms in total. The highest BCUT2D eigenvalue weighted by Crippen LogP contribution is 2.43. The number of phosphoric ester groups is 1. The summed E-state index contributed by atoms with van der Waals surface area (Å²) in [5.74, 6) is -0.802. The van der Waals surface area contributed by atoms with Crippen molar-refractivity contribution in [2.75, 3.05) is 26.4 Å². The summed E-state index contributed by atoms with van der Waals surface area (Å²) >= 11 is 0. The van der Waals surface area contributed by atoms with Crippen molar-refractivity contribution in [1.29, 1.82) is 0 Å². The standard InChI is InChI=1S/C65H128NO8P/c1-3-5-7-9-11-13-15-17-19-21-23-24-25-26-27-28-29-30-31-32-33-34-35-36-37-38-40-42-44-46-48-50-52-54-56-58-65(68)74-63(62-73-75(69,70)72-60-59-66)61-71-64(67)57-55-53-51-49-47-45-43-41-39-22-20-18-16-14-12-10-8-6-4-2/h21,23,63H,3-20,22,24-62,66H2,1-2H3,(H,69,70)/b23-21-. The molecule has 0 heterocycles. The zero-order valence-corrected chi connectivity index (χ0v) is 51.0. The molecule has 0 aromatic carbocycles. The summed E-state index contributed by atoms with van der Waals surface area (Å²) in [4.78, 5) is 35.2. The fourth-order valence-electron chi connectivity index (χ4n) is 10.2. The van der Waals surface area contributed by atoms with Crippen molar-refractivity contribution in [2.24, 2.45) is 5.73 Å². The van der Waals surface area contributed by atoms with Crippen molar-refractivity contribution in [3.8, 4) is 0 Å². The molecular formula is C65H128NO8P. The van der Waals surface area contributed by atoms with Gasteiger partial charge in [-0.3, -0.25) is 18.6 Å². The van der Waals surface area contributed by atoms with Crippen molar-refractivity contribution in [3.63, 3.8) is 0 Å². The SMILES string of the molecule is CCCCCCCCCC/C=C\CCCCCCCCCCCCCCCCCCCCCCCCCC(=O)OC(COC(=O)CCCCCCCCCCCCCCCCCCCCC)COP(=O)(O)OCCN. The van der Waals surface area contributed by atoms with E-state index in [0.717, 1.165) is 32.1 Å². The monoisotopic (exact) mass is 1080 g/mol. The van der Waals surface area contributed by atoms with Crippen LogP contribution in [0.25, 0.3) is 0 Å². The lowest BCUT2D eigenvalue weighted by Gasteiger charge is -2.19. The van der Waals surface area contributed by atoms with Crippen LogP contribution in [0, 0.1) is 0 Å². The first kappa shape index (κ1) is 73.8. The van der Waals surface area contributed by atoms with Gasteiger partial charge >= 0.3 is 19.8 Å². The van der Waals surface area contributed by atoms with Crippen molar-refractivity contribution < 1.29 is 37.6 Å². The lowest BCUT2D eigenvalue weighted by Crippen LogP contribution is -2.29. The van der Waals surface area contributed by atoms with Crippen molar-refractivity contribution in [3.05, 3.63) is 12.2 Å². The van der Waals surface area contributed by atoms with Crippen LogP contribution in [0.1, 0.15) is 361 Å². The summed E-state index contributed by atoms with van der Waals surface area (Å²) in [6.07, 6.45) is 73.1. The Balaban J connectivity index is 3.78. The molecule has 0 radical (unpaired) electrons. The Morgan fingerprint density at radius 2 is 0.653 bits per heavy atom. The van der Waals surface area contributed by atoms with Crippen molar-refractivity contribution in [2.45, 2.75) is 367 Å². The highest BCUT2D eigenvalue weighted by molar-refractivity contribution is 7.47. The third kappa shape index (κ3) is 61.8. The second-order valence-corrected chi connectivity index (χ2v) is 24.2. The molecule has 10 heteroatoms. The smallest absolute Gasteiger partial charge is 0.462 e. The highest BCUT2D eigenvalue weighted by atomic mass is 31.2. The van der Waals surface area contributed by atoms with E-state index in [1.54, 1.807) is 0 Å². The number of hydrogen-bond acceptors (Lipinski definition) is 8. The van der Waals surface area contributed by atoms with Gasteiger partial charge in [-0.2, -0.15) is 0 Å². The topological polar surface area (TPSA) is 134 Å². The Bertz CT molecular complexity index is 1230. The van der Waals surface area contributed by atoms with E-state index in [9.17, 15) is 19.0 Å². The minimum Gasteiger partial charge on any atom is -0.462 e. The van der Waals surface area contributed by atoms with E-state index in [0.29, 0.717) is 6.42 Å². The Morgan fingerprint density at radius 3 is 0.947 bits per heavy atom. The molecular weight excluding hydrogens is 954 g/mol. The molecule has 0 spiro atoms. The number of ether oxygens (including phenoxy) is 2. The number of carbonyl (C=O) groups is 2. The van der Waals surface area contributed by atoms with Crippen molar-refractivity contribution >= 4 is 19.8 Å². The van der Waals surface area contributed by atoms with E-state index in [4.69, 9.17) is 24.3 Å². The van der Waals surface area contributed by atoms with Gasteiger partial charge in [0.15, 0.2) is 6.10 Å². The molecule has 0 saturated heterocycles. The van der Waals surface area contributed by atoms with Gasteiger partial charge in [-0.1, -0.05) is 321 Å². The molecule has 0 amide bonds. The van der Waals surface area contributed by atoms with Gasteiger partial charge in [0.25, 0.3) is 0 Å². The first-order valence-electron chi connectivity index (χ1n) is 33.2. The fraction of sp³-hybridized carbons (Fsp3) is 0.938. The quantitative estimate of drug-likeness (QED) is 0.0264. The molecule has 0 aliphatic rings. The summed E-state index contributed by atoms with van der Waals surface area (Å²) in [6, 6.07) is 0. The summed E-state index contributed by atoms with van der Waals surface area (Å²) in [5, 5.41) is 0. The second-order valence-electron chi connectivity index (χ2n) is 22.7. The lowest BCUT2D eigenvalue weighted by molar-refractivity contribution is -0.161. The number of carbonyl (C=O) groups excluding carboxylic acids is 2. The first-order valence-corrected chi connectivity index (χ1v) is 34.7. The van der Waals surface area contributed by atoms with Crippen LogP contribution in [-0.4, -0.2) is 49.3 Å². The summed E-state index contributed by atoms with van der Waals surface area (Å²) in [5.41, 5.74) is 5.39. The number of unbranched alkanes of at least 4 members (excludes halogenated alkanes) is 49. The van der Waals surface area contributed by atoms with Crippen LogP contribution in [0.5, 0.6) is 0 Å². The number of rotatable bonds is 64. The molecule has 446 valence electrons. The molecule has 0 aromatic rings.